The molecule has 15 heteroatoms. The van der Waals surface area contributed by atoms with Crippen molar-refractivity contribution in [2.24, 2.45) is 5.92 Å². The van der Waals surface area contributed by atoms with E-state index >= 15 is 0 Å². The molecule has 0 radical (unpaired) electrons. The highest BCUT2D eigenvalue weighted by Gasteiger charge is 2.83. The molecule has 0 amide bonds. The molecular formula is C16H23F9O4S2. The highest BCUT2D eigenvalue weighted by atomic mass is 32.2. The smallest absolute Gasteiger partial charge is 0.460 e. The van der Waals surface area contributed by atoms with Crippen LogP contribution in [-0.2, 0) is 25.8 Å². The minimum absolute atomic E-state index is 0.230. The average molecular weight is 514 g/mol. The Bertz CT molecular complexity index is 700. The van der Waals surface area contributed by atoms with Crippen molar-refractivity contribution in [3.05, 3.63) is 0 Å². The Hall–Kier alpha value is -0.700. The van der Waals surface area contributed by atoms with Crippen LogP contribution in [0.3, 0.4) is 0 Å². The maximum absolute atomic E-state index is 12.2. The first-order valence-corrected chi connectivity index (χ1v) is 12.2. The Balaban J connectivity index is 0.000000590. The van der Waals surface area contributed by atoms with Gasteiger partial charge in [0.25, 0.3) is 0 Å². The van der Waals surface area contributed by atoms with Crippen LogP contribution in [0, 0.1) is 5.92 Å². The summed E-state index contributed by atoms with van der Waals surface area (Å²) in [5, 5.41) is -6.26. The molecule has 0 spiro atoms. The molecule has 0 aromatic carbocycles. The first kappa shape index (κ1) is 30.3. The van der Waals surface area contributed by atoms with E-state index in [2.05, 4.69) is 6.26 Å². The summed E-state index contributed by atoms with van der Waals surface area (Å²) in [6.07, 6.45) is 2.04. The van der Waals surface area contributed by atoms with Crippen molar-refractivity contribution in [3.63, 3.8) is 0 Å². The molecule has 0 heterocycles. The number of alkyl halides is 9. The van der Waals surface area contributed by atoms with Gasteiger partial charge in [0.05, 0.1) is 6.26 Å². The molecule has 0 aliphatic heterocycles. The predicted molar refractivity (Wildman–Crippen MR) is 95.5 cm³/mol. The number of rotatable bonds is 7. The van der Waals surface area contributed by atoms with Crippen LogP contribution in [-0.4, -0.2) is 59.3 Å². The number of hydrogen-bond donors (Lipinski definition) is 0. The summed E-state index contributed by atoms with van der Waals surface area (Å²) in [4.78, 5) is 11.6. The quantitative estimate of drug-likeness (QED) is 0.279. The molecule has 1 aliphatic rings. The van der Waals surface area contributed by atoms with Crippen molar-refractivity contribution in [2.45, 2.75) is 74.5 Å². The van der Waals surface area contributed by atoms with E-state index in [1.807, 2.05) is 13.8 Å². The zero-order chi connectivity index (χ0) is 25.1. The van der Waals surface area contributed by atoms with Crippen LogP contribution in [0.5, 0.6) is 0 Å². The molecule has 31 heavy (non-hydrogen) atoms. The number of hydrogen-bond acceptors (Lipinski definition) is 4. The van der Waals surface area contributed by atoms with Crippen molar-refractivity contribution in [1.82, 2.24) is 0 Å². The van der Waals surface area contributed by atoms with Crippen molar-refractivity contribution in [2.75, 3.05) is 12.0 Å². The first-order chi connectivity index (χ1) is 13.6. The SMILES string of the molecule is CC(C)C(=O)C[S+](C)C1CCCCC1.O=S(=O)([O-])C(F)(F)C(F)(F)C(F)(F)C(F)(F)F. The van der Waals surface area contributed by atoms with Gasteiger partial charge in [-0.1, -0.05) is 20.3 Å². The zero-order valence-corrected chi connectivity index (χ0v) is 18.4. The number of carbonyl (C=O) groups is 1. The fraction of sp³-hybridized carbons (Fsp3) is 0.938. The molecule has 186 valence electrons. The van der Waals surface area contributed by atoms with Crippen molar-refractivity contribution >= 4 is 26.8 Å². The van der Waals surface area contributed by atoms with E-state index in [1.165, 1.54) is 32.1 Å². The van der Waals surface area contributed by atoms with Gasteiger partial charge in [-0.15, -0.1) is 0 Å². The Labute approximate surface area is 177 Å². The summed E-state index contributed by atoms with van der Waals surface area (Å²) in [5.74, 6) is -13.3. The average Bonchev–Trinajstić information content (AvgIpc) is 2.60. The van der Waals surface area contributed by atoms with Crippen LogP contribution in [0.2, 0.25) is 0 Å². The van der Waals surface area contributed by atoms with E-state index in [1.54, 1.807) is 0 Å². The number of Topliss-reactive ketones (excluding diaryl/α,β-unsaturated/α-hetero) is 1. The topological polar surface area (TPSA) is 74.3 Å². The molecular weight excluding hydrogens is 491 g/mol. The summed E-state index contributed by atoms with van der Waals surface area (Å²) >= 11 is 0. The first-order valence-electron chi connectivity index (χ1n) is 8.91. The summed E-state index contributed by atoms with van der Waals surface area (Å²) in [6, 6.07) is 0. The Morgan fingerprint density at radius 1 is 0.935 bits per heavy atom. The standard InChI is InChI=1S/C12H23OS.C4HF9O3S/c1-10(2)12(13)9-14(3)11-7-5-4-6-8-11;5-1(6,3(9,10)11)2(7,8)4(12,13)17(14,15)16/h10-11H,4-9H2,1-3H3;(H,14,15,16)/q+1;/p-1. The third kappa shape index (κ3) is 7.14. The molecule has 1 saturated carbocycles. The lowest BCUT2D eigenvalue weighted by molar-refractivity contribution is -0.382. The lowest BCUT2D eigenvalue weighted by Crippen LogP contribution is -2.63. The van der Waals surface area contributed by atoms with Gasteiger partial charge in [0.2, 0.25) is 0 Å². The van der Waals surface area contributed by atoms with Gasteiger partial charge in [-0.05, 0) is 36.6 Å². The van der Waals surface area contributed by atoms with Gasteiger partial charge in [-0.2, -0.15) is 39.5 Å². The highest BCUT2D eigenvalue weighted by Crippen LogP contribution is 2.54. The molecule has 0 aromatic rings. The third-order valence-electron chi connectivity index (χ3n) is 4.56. The largest absolute Gasteiger partial charge is 0.743 e. The highest BCUT2D eigenvalue weighted by molar-refractivity contribution is 7.97. The molecule has 1 rings (SSSR count). The molecule has 0 aromatic heterocycles. The Morgan fingerprint density at radius 3 is 1.68 bits per heavy atom. The lowest BCUT2D eigenvalue weighted by Gasteiger charge is -2.34. The van der Waals surface area contributed by atoms with E-state index in [9.17, 15) is 57.3 Å². The second-order valence-electron chi connectivity index (χ2n) is 7.33. The summed E-state index contributed by atoms with van der Waals surface area (Å²) in [5.41, 5.74) is 0. The van der Waals surface area contributed by atoms with Gasteiger partial charge in [-0.25, -0.2) is 8.42 Å². The van der Waals surface area contributed by atoms with Crippen LogP contribution in [0.1, 0.15) is 46.0 Å². The zero-order valence-electron chi connectivity index (χ0n) is 16.7. The van der Waals surface area contributed by atoms with Gasteiger partial charge >= 0.3 is 23.3 Å². The molecule has 1 atom stereocenters. The molecule has 0 N–H and O–H groups in total. The lowest BCUT2D eigenvalue weighted by atomic mass is 10.0. The normalized spacial score (nSPS) is 18.4. The van der Waals surface area contributed by atoms with Crippen LogP contribution in [0.15, 0.2) is 0 Å². The van der Waals surface area contributed by atoms with Crippen molar-refractivity contribution in [1.29, 1.82) is 0 Å². The fourth-order valence-corrected chi connectivity index (χ4v) is 5.09. The van der Waals surface area contributed by atoms with Gasteiger partial charge in [-0.3, -0.25) is 4.79 Å². The molecule has 0 bridgehead atoms. The molecule has 4 nitrogen and oxygen atoms in total. The monoisotopic (exact) mass is 514 g/mol. The number of ketones is 1. The van der Waals surface area contributed by atoms with E-state index in [-0.39, 0.29) is 5.92 Å². The van der Waals surface area contributed by atoms with Gasteiger partial charge in [0.15, 0.2) is 21.7 Å². The minimum atomic E-state index is -7.43. The van der Waals surface area contributed by atoms with Gasteiger partial charge in [0.1, 0.15) is 5.25 Å². The van der Waals surface area contributed by atoms with Crippen LogP contribution < -0.4 is 0 Å². The van der Waals surface area contributed by atoms with E-state index < -0.39 is 33.4 Å². The van der Waals surface area contributed by atoms with Crippen LogP contribution in [0.25, 0.3) is 0 Å². The second-order valence-corrected chi connectivity index (χ2v) is 11.1. The van der Waals surface area contributed by atoms with Gasteiger partial charge in [0, 0.05) is 5.92 Å². The Kier molecular flexibility index (Phi) is 10.3. The molecule has 1 unspecified atom stereocenters. The van der Waals surface area contributed by atoms with E-state index in [0.717, 1.165) is 11.0 Å². The van der Waals surface area contributed by atoms with Crippen LogP contribution in [0.4, 0.5) is 39.5 Å². The van der Waals surface area contributed by atoms with E-state index in [0.29, 0.717) is 16.7 Å². The predicted octanol–water partition coefficient (Wildman–Crippen LogP) is 4.75. The summed E-state index contributed by atoms with van der Waals surface area (Å²) in [7, 11) is -7.07. The molecule has 1 fully saturated rings. The number of halogens is 9. The van der Waals surface area contributed by atoms with E-state index in [4.69, 9.17) is 0 Å². The second kappa shape index (κ2) is 10.5. The Morgan fingerprint density at radius 2 is 1.35 bits per heavy atom. The van der Waals surface area contributed by atoms with Crippen LogP contribution >= 0.6 is 0 Å². The molecule has 1 aliphatic carbocycles. The van der Waals surface area contributed by atoms with Crippen molar-refractivity contribution < 1.29 is 57.3 Å². The fourth-order valence-electron chi connectivity index (χ4n) is 2.49. The molecule has 0 saturated heterocycles. The number of carbonyl (C=O) groups excluding carboxylic acids is 1. The maximum Gasteiger partial charge on any atom is 0.460 e. The van der Waals surface area contributed by atoms with Crippen molar-refractivity contribution in [3.8, 4) is 0 Å². The summed E-state index contributed by atoms with van der Waals surface area (Å²) < 4.78 is 135. The minimum Gasteiger partial charge on any atom is -0.743 e. The maximum atomic E-state index is 12.2. The summed E-state index contributed by atoms with van der Waals surface area (Å²) in [6.45, 7) is 4.03. The van der Waals surface area contributed by atoms with Gasteiger partial charge < -0.3 is 4.55 Å². The third-order valence-corrected chi connectivity index (χ3v) is 7.80.